The van der Waals surface area contributed by atoms with Crippen LogP contribution in [0, 0.1) is 0 Å². The summed E-state index contributed by atoms with van der Waals surface area (Å²) in [7, 11) is 6.12. The molecule has 0 bridgehead atoms. The molecule has 0 radical (unpaired) electrons. The molecular weight excluding hydrogens is 414 g/mol. The van der Waals surface area contributed by atoms with Gasteiger partial charge in [-0.1, -0.05) is 30.3 Å². The number of rotatable bonds is 9. The molecule has 0 saturated heterocycles. The first kappa shape index (κ1) is 22.4. The smallest absolute Gasteiger partial charge is 0.255 e. The zero-order chi connectivity index (χ0) is 23.2. The fourth-order valence-corrected chi connectivity index (χ4v) is 3.47. The largest absolute Gasteiger partial charge is 0.489 e. The Kier molecular flexibility index (Phi) is 6.90. The van der Waals surface area contributed by atoms with Crippen LogP contribution >= 0.6 is 0 Å². The number of carbonyl (C=O) groups excluding carboxylic acids is 1. The van der Waals surface area contributed by atoms with Gasteiger partial charge in [0.25, 0.3) is 5.91 Å². The molecule has 1 amide bonds. The highest BCUT2D eigenvalue weighted by molar-refractivity contribution is 6.07. The van der Waals surface area contributed by atoms with Gasteiger partial charge in [0.05, 0.1) is 5.52 Å². The van der Waals surface area contributed by atoms with Gasteiger partial charge in [0.1, 0.15) is 12.4 Å². The quantitative estimate of drug-likeness (QED) is 0.401. The summed E-state index contributed by atoms with van der Waals surface area (Å²) in [6.07, 6.45) is 0. The monoisotopic (exact) mass is 443 g/mol. The summed E-state index contributed by atoms with van der Waals surface area (Å²) in [5, 5.41) is 11.4. The minimum atomic E-state index is -0.174. The van der Waals surface area contributed by atoms with Crippen LogP contribution in [0.2, 0.25) is 0 Å². The van der Waals surface area contributed by atoms with Crippen LogP contribution in [-0.4, -0.2) is 55.2 Å². The SMILES string of the molecule is CN(C)CCN(C)c1n[nH]c2cc(C(=O)Nc3ccc(OCc4ccccc4)cc3)ccc12. The van der Waals surface area contributed by atoms with Crippen LogP contribution in [0.15, 0.2) is 72.8 Å². The van der Waals surface area contributed by atoms with Crippen molar-refractivity contribution in [1.82, 2.24) is 15.1 Å². The van der Waals surface area contributed by atoms with E-state index in [1.807, 2.05) is 93.9 Å². The number of aromatic amines is 1. The van der Waals surface area contributed by atoms with Crippen molar-refractivity contribution in [2.45, 2.75) is 6.61 Å². The number of H-pyrrole nitrogens is 1. The van der Waals surface area contributed by atoms with Crippen LogP contribution in [0.1, 0.15) is 15.9 Å². The van der Waals surface area contributed by atoms with Crippen molar-refractivity contribution in [3.63, 3.8) is 0 Å². The van der Waals surface area contributed by atoms with Crippen LogP contribution in [0.25, 0.3) is 10.9 Å². The predicted molar refractivity (Wildman–Crippen MR) is 133 cm³/mol. The number of hydrogen-bond donors (Lipinski definition) is 2. The number of anilines is 2. The second kappa shape index (κ2) is 10.2. The van der Waals surface area contributed by atoms with Crippen molar-refractivity contribution in [3.8, 4) is 5.75 Å². The van der Waals surface area contributed by atoms with Crippen molar-refractivity contribution in [1.29, 1.82) is 0 Å². The van der Waals surface area contributed by atoms with Gasteiger partial charge >= 0.3 is 0 Å². The van der Waals surface area contributed by atoms with Crippen LogP contribution in [0.4, 0.5) is 11.5 Å². The Labute approximate surface area is 194 Å². The molecule has 1 aromatic heterocycles. The molecule has 0 fully saturated rings. The van der Waals surface area contributed by atoms with Gasteiger partial charge in [-0.15, -0.1) is 0 Å². The molecule has 0 saturated carbocycles. The van der Waals surface area contributed by atoms with E-state index in [9.17, 15) is 4.79 Å². The number of nitrogens with one attached hydrogen (secondary N) is 2. The Morgan fingerprint density at radius 2 is 1.73 bits per heavy atom. The molecule has 33 heavy (non-hydrogen) atoms. The zero-order valence-electron chi connectivity index (χ0n) is 19.2. The third-order valence-corrected chi connectivity index (χ3v) is 5.41. The van der Waals surface area contributed by atoms with Gasteiger partial charge in [-0.25, -0.2) is 0 Å². The summed E-state index contributed by atoms with van der Waals surface area (Å²) in [4.78, 5) is 17.0. The number of carbonyl (C=O) groups is 1. The van der Waals surface area contributed by atoms with Gasteiger partial charge in [0, 0.05) is 36.8 Å². The maximum atomic E-state index is 12.8. The number of fused-ring (bicyclic) bond motifs is 1. The third kappa shape index (κ3) is 5.70. The average Bonchev–Trinajstić information content (AvgIpc) is 3.26. The lowest BCUT2D eigenvalue weighted by molar-refractivity contribution is 0.102. The van der Waals surface area contributed by atoms with E-state index in [1.165, 1.54) is 0 Å². The molecule has 4 rings (SSSR count). The normalized spacial score (nSPS) is 11.0. The lowest BCUT2D eigenvalue weighted by Gasteiger charge is -2.19. The lowest BCUT2D eigenvalue weighted by atomic mass is 10.1. The first-order chi connectivity index (χ1) is 16.0. The van der Waals surface area contributed by atoms with Gasteiger partial charge in [0.2, 0.25) is 0 Å². The van der Waals surface area contributed by atoms with Gasteiger partial charge in [-0.2, -0.15) is 5.10 Å². The highest BCUT2D eigenvalue weighted by Gasteiger charge is 2.13. The second-order valence-electron chi connectivity index (χ2n) is 8.29. The summed E-state index contributed by atoms with van der Waals surface area (Å²) < 4.78 is 5.81. The van der Waals surface area contributed by atoms with Crippen molar-refractivity contribution >= 4 is 28.3 Å². The van der Waals surface area contributed by atoms with Crippen molar-refractivity contribution in [2.24, 2.45) is 0 Å². The molecule has 0 aliphatic rings. The van der Waals surface area contributed by atoms with Crippen molar-refractivity contribution in [2.75, 3.05) is 44.4 Å². The van der Waals surface area contributed by atoms with E-state index in [0.717, 1.165) is 41.1 Å². The van der Waals surface area contributed by atoms with Crippen LogP contribution in [0.5, 0.6) is 5.75 Å². The van der Waals surface area contributed by atoms with E-state index in [4.69, 9.17) is 4.74 Å². The van der Waals surface area contributed by atoms with Gasteiger partial charge < -0.3 is 19.9 Å². The highest BCUT2D eigenvalue weighted by Crippen LogP contribution is 2.25. The number of likely N-dealkylation sites (N-methyl/N-ethyl adjacent to an activating group) is 2. The maximum Gasteiger partial charge on any atom is 0.255 e. The molecule has 3 aromatic carbocycles. The molecule has 7 heteroatoms. The number of aromatic nitrogens is 2. The standard InChI is InChI=1S/C26H29N5O2/c1-30(2)15-16-31(3)25-23-14-9-20(17-24(23)28-29-25)26(32)27-21-10-12-22(13-11-21)33-18-19-7-5-4-6-8-19/h4-14,17H,15-16,18H2,1-3H3,(H,27,32)(H,28,29). The molecule has 0 aliphatic heterocycles. The number of hydrogen-bond acceptors (Lipinski definition) is 5. The van der Waals surface area contributed by atoms with E-state index in [-0.39, 0.29) is 5.91 Å². The van der Waals surface area contributed by atoms with Crippen molar-refractivity contribution in [3.05, 3.63) is 83.9 Å². The molecule has 2 N–H and O–H groups in total. The first-order valence-electron chi connectivity index (χ1n) is 10.9. The predicted octanol–water partition coefficient (Wildman–Crippen LogP) is 4.39. The highest BCUT2D eigenvalue weighted by atomic mass is 16.5. The molecule has 0 unspecified atom stereocenters. The Hall–Kier alpha value is -3.84. The van der Waals surface area contributed by atoms with Crippen molar-refractivity contribution < 1.29 is 9.53 Å². The summed E-state index contributed by atoms with van der Waals surface area (Å²) in [6.45, 7) is 2.30. The molecular formula is C26H29N5O2. The number of amides is 1. The summed E-state index contributed by atoms with van der Waals surface area (Å²) >= 11 is 0. The van der Waals surface area contributed by atoms with Crippen LogP contribution in [-0.2, 0) is 6.61 Å². The van der Waals surface area contributed by atoms with Gasteiger partial charge in [0.15, 0.2) is 5.82 Å². The molecule has 7 nitrogen and oxygen atoms in total. The minimum absolute atomic E-state index is 0.174. The number of benzene rings is 3. The topological polar surface area (TPSA) is 73.5 Å². The van der Waals surface area contributed by atoms with Crippen LogP contribution < -0.4 is 15.0 Å². The lowest BCUT2D eigenvalue weighted by Crippen LogP contribution is -2.28. The van der Waals surface area contributed by atoms with Gasteiger partial charge in [-0.05, 0) is 62.1 Å². The van der Waals surface area contributed by atoms with E-state index in [1.54, 1.807) is 0 Å². The molecule has 170 valence electrons. The fourth-order valence-electron chi connectivity index (χ4n) is 3.47. The van der Waals surface area contributed by atoms with E-state index in [0.29, 0.717) is 17.9 Å². The first-order valence-corrected chi connectivity index (χ1v) is 10.9. The fraction of sp³-hybridized carbons (Fsp3) is 0.231. The molecule has 0 spiro atoms. The van der Waals surface area contributed by atoms with E-state index < -0.39 is 0 Å². The Balaban J connectivity index is 1.38. The Morgan fingerprint density at radius 3 is 2.45 bits per heavy atom. The molecule has 0 aliphatic carbocycles. The molecule has 1 heterocycles. The summed E-state index contributed by atoms with van der Waals surface area (Å²) in [5.41, 5.74) is 3.22. The Morgan fingerprint density at radius 1 is 0.970 bits per heavy atom. The van der Waals surface area contributed by atoms with E-state index >= 15 is 0 Å². The molecule has 4 aromatic rings. The third-order valence-electron chi connectivity index (χ3n) is 5.41. The number of ether oxygens (including phenoxy) is 1. The average molecular weight is 444 g/mol. The molecule has 0 atom stereocenters. The zero-order valence-corrected chi connectivity index (χ0v) is 19.2. The minimum Gasteiger partial charge on any atom is -0.489 e. The van der Waals surface area contributed by atoms with E-state index in [2.05, 4.69) is 25.3 Å². The van der Waals surface area contributed by atoms with Crippen LogP contribution in [0.3, 0.4) is 0 Å². The Bertz CT molecular complexity index is 1200. The maximum absolute atomic E-state index is 12.8. The number of nitrogens with zero attached hydrogens (tertiary/aromatic N) is 3. The van der Waals surface area contributed by atoms with Gasteiger partial charge in [-0.3, -0.25) is 9.89 Å². The second-order valence-corrected chi connectivity index (χ2v) is 8.29. The summed E-state index contributed by atoms with van der Waals surface area (Å²) in [5.74, 6) is 1.46. The summed E-state index contributed by atoms with van der Waals surface area (Å²) in [6, 6.07) is 23.0.